The molecule has 0 saturated heterocycles. The molecule has 0 saturated carbocycles. The van der Waals surface area contributed by atoms with E-state index in [0.29, 0.717) is 23.7 Å². The minimum atomic E-state index is -3.67. The fourth-order valence-electron chi connectivity index (χ4n) is 2.18. The monoisotopic (exact) mass is 394 g/mol. The van der Waals surface area contributed by atoms with Gasteiger partial charge in [-0.05, 0) is 47.1 Å². The molecule has 1 aliphatic heterocycles. The number of alkyl halides is 1. The molecule has 1 N–H and O–H groups in total. The van der Waals surface area contributed by atoms with Gasteiger partial charge >= 0.3 is 0 Å². The van der Waals surface area contributed by atoms with Crippen LogP contribution in [0.3, 0.4) is 0 Å². The summed E-state index contributed by atoms with van der Waals surface area (Å²) >= 11 is 3.33. The molecule has 0 aliphatic carbocycles. The largest absolute Gasteiger partial charge is 0.460 e. The number of rotatable bonds is 4. The minimum absolute atomic E-state index is 0.181. The van der Waals surface area contributed by atoms with Gasteiger partial charge in [0.2, 0.25) is 5.90 Å². The maximum absolute atomic E-state index is 12.5. The van der Waals surface area contributed by atoms with E-state index in [1.165, 1.54) is 0 Å². The highest BCUT2D eigenvalue weighted by molar-refractivity contribution is 9.09. The molecule has 5 nitrogen and oxygen atoms in total. The average molecular weight is 395 g/mol. The van der Waals surface area contributed by atoms with Crippen molar-refractivity contribution in [2.24, 2.45) is 4.99 Å². The topological polar surface area (TPSA) is 67.8 Å². The number of sulfonamides is 1. The first-order chi connectivity index (χ1) is 11.0. The summed E-state index contributed by atoms with van der Waals surface area (Å²) in [5, 5.41) is -0.181. The predicted octanol–water partition coefficient (Wildman–Crippen LogP) is 3.29. The van der Waals surface area contributed by atoms with Crippen LogP contribution < -0.4 is 4.72 Å². The maximum Gasteiger partial charge on any atom is 0.261 e. The molecule has 2 aromatic carbocycles. The van der Waals surface area contributed by atoms with Crippen LogP contribution in [0.2, 0.25) is 0 Å². The Balaban J connectivity index is 1.93. The molecule has 0 bridgehead atoms. The second-order valence-corrected chi connectivity index (χ2v) is 7.84. The number of anilines is 1. The van der Waals surface area contributed by atoms with Gasteiger partial charge in [-0.3, -0.25) is 4.72 Å². The summed E-state index contributed by atoms with van der Waals surface area (Å²) in [5.74, 6) is 0.425. The number of para-hydroxylation sites is 1. The smallest absolute Gasteiger partial charge is 0.261 e. The van der Waals surface area contributed by atoms with Gasteiger partial charge in [-0.25, -0.2) is 13.4 Å². The molecule has 1 unspecified atom stereocenters. The van der Waals surface area contributed by atoms with Crippen molar-refractivity contribution in [1.82, 2.24) is 0 Å². The molecule has 3 rings (SSSR count). The van der Waals surface area contributed by atoms with Crippen LogP contribution >= 0.6 is 15.9 Å². The maximum atomic E-state index is 12.5. The molecule has 120 valence electrons. The first-order valence-electron chi connectivity index (χ1n) is 7.00. The number of aryl methyl sites for hydroxylation is 1. The van der Waals surface area contributed by atoms with Crippen LogP contribution in [0.4, 0.5) is 5.69 Å². The highest BCUT2D eigenvalue weighted by Crippen LogP contribution is 2.24. The van der Waals surface area contributed by atoms with Gasteiger partial charge in [0.25, 0.3) is 10.0 Å². The van der Waals surface area contributed by atoms with Crippen LogP contribution in [0.5, 0.6) is 0 Å². The van der Waals surface area contributed by atoms with E-state index in [1.807, 2.05) is 13.0 Å². The van der Waals surface area contributed by atoms with Crippen molar-refractivity contribution in [3.8, 4) is 0 Å². The zero-order valence-electron chi connectivity index (χ0n) is 12.4. The Morgan fingerprint density at radius 1 is 1.17 bits per heavy atom. The third-order valence-electron chi connectivity index (χ3n) is 3.35. The van der Waals surface area contributed by atoms with Crippen molar-refractivity contribution in [1.29, 1.82) is 0 Å². The molecule has 0 radical (unpaired) electrons. The zero-order chi connectivity index (χ0) is 16.4. The molecule has 1 atom stereocenters. The summed E-state index contributed by atoms with van der Waals surface area (Å²) in [6.07, 6.45) is 0. The van der Waals surface area contributed by atoms with E-state index in [4.69, 9.17) is 4.74 Å². The minimum Gasteiger partial charge on any atom is -0.460 e. The number of aliphatic imine (C=N–C) groups is 1. The van der Waals surface area contributed by atoms with E-state index in [0.717, 1.165) is 5.56 Å². The van der Waals surface area contributed by atoms with Crippen LogP contribution in [0.25, 0.3) is 0 Å². The first kappa shape index (κ1) is 16.0. The number of benzene rings is 2. The van der Waals surface area contributed by atoms with Gasteiger partial charge in [0.1, 0.15) is 0 Å². The Hall–Kier alpha value is -1.86. The summed E-state index contributed by atoms with van der Waals surface area (Å²) in [5.41, 5.74) is 2.06. The Morgan fingerprint density at radius 2 is 1.87 bits per heavy atom. The summed E-state index contributed by atoms with van der Waals surface area (Å²) in [4.78, 5) is 4.49. The van der Waals surface area contributed by atoms with Gasteiger partial charge in [-0.2, -0.15) is 0 Å². The van der Waals surface area contributed by atoms with E-state index in [2.05, 4.69) is 25.6 Å². The van der Waals surface area contributed by atoms with Crippen molar-refractivity contribution in [3.05, 3.63) is 59.7 Å². The van der Waals surface area contributed by atoms with Crippen LogP contribution in [0.15, 0.2) is 58.4 Å². The lowest BCUT2D eigenvalue weighted by Crippen LogP contribution is -2.16. The highest BCUT2D eigenvalue weighted by Gasteiger charge is 2.22. The second-order valence-electron chi connectivity index (χ2n) is 5.14. The molecule has 1 aliphatic rings. The first-order valence-corrected chi connectivity index (χ1v) is 9.40. The fraction of sp³-hybridized carbons (Fsp3) is 0.188. The second kappa shape index (κ2) is 6.33. The van der Waals surface area contributed by atoms with Crippen molar-refractivity contribution in [2.45, 2.75) is 16.8 Å². The molecular weight excluding hydrogens is 380 g/mol. The lowest BCUT2D eigenvalue weighted by molar-refractivity contribution is 0.321. The van der Waals surface area contributed by atoms with Crippen LogP contribution in [0, 0.1) is 6.92 Å². The predicted molar refractivity (Wildman–Crippen MR) is 93.6 cm³/mol. The van der Waals surface area contributed by atoms with E-state index < -0.39 is 10.0 Å². The summed E-state index contributed by atoms with van der Waals surface area (Å²) < 4.78 is 33.3. The molecule has 23 heavy (non-hydrogen) atoms. The number of ether oxygens (including phenoxy) is 1. The number of nitrogens with one attached hydrogen (secondary N) is 1. The molecule has 7 heteroatoms. The zero-order valence-corrected chi connectivity index (χ0v) is 14.8. The third kappa shape index (κ3) is 3.56. The van der Waals surface area contributed by atoms with Crippen molar-refractivity contribution >= 4 is 37.5 Å². The lowest BCUT2D eigenvalue weighted by Gasteiger charge is -2.13. The normalized spacial score (nSPS) is 17.5. The number of hydrogen-bond acceptors (Lipinski definition) is 4. The summed E-state index contributed by atoms with van der Waals surface area (Å²) in [7, 11) is -3.67. The van der Waals surface area contributed by atoms with Crippen molar-refractivity contribution in [3.63, 3.8) is 0 Å². The molecule has 2 aromatic rings. The lowest BCUT2D eigenvalue weighted by atomic mass is 10.2. The Labute approximate surface area is 143 Å². The Kier molecular flexibility index (Phi) is 4.41. The van der Waals surface area contributed by atoms with Crippen molar-refractivity contribution < 1.29 is 13.2 Å². The molecule has 0 aromatic heterocycles. The van der Waals surface area contributed by atoms with E-state index in [-0.39, 0.29) is 9.91 Å². The van der Waals surface area contributed by atoms with Gasteiger partial charge in [-0.1, -0.05) is 29.8 Å². The van der Waals surface area contributed by atoms with Gasteiger partial charge in [0.05, 0.1) is 22.7 Å². The van der Waals surface area contributed by atoms with Crippen molar-refractivity contribution in [2.75, 3.05) is 11.3 Å². The van der Waals surface area contributed by atoms with E-state index in [1.54, 1.807) is 42.5 Å². The van der Waals surface area contributed by atoms with Gasteiger partial charge in [0, 0.05) is 0 Å². The van der Waals surface area contributed by atoms with Crippen LogP contribution in [0.1, 0.15) is 11.1 Å². The van der Waals surface area contributed by atoms with Gasteiger partial charge < -0.3 is 4.74 Å². The standard InChI is InChI=1S/C16H15BrN2O3S/c1-11-6-8-12(9-7-11)23(20,21)19-14-5-3-2-4-13(14)16-18-10-15(17)22-16/h2-9,15,19H,10H2,1H3. The molecule has 1 heterocycles. The molecule has 0 spiro atoms. The molecular formula is C16H15BrN2O3S. The average Bonchev–Trinajstić information content (AvgIpc) is 2.94. The third-order valence-corrected chi connectivity index (χ3v) is 5.21. The number of halogens is 1. The van der Waals surface area contributed by atoms with Gasteiger partial charge in [-0.15, -0.1) is 0 Å². The van der Waals surface area contributed by atoms with Gasteiger partial charge in [0.15, 0.2) is 5.01 Å². The summed E-state index contributed by atoms with van der Waals surface area (Å²) in [6, 6.07) is 13.7. The number of nitrogens with zero attached hydrogens (tertiary/aromatic N) is 1. The quantitative estimate of drug-likeness (QED) is 0.808. The van der Waals surface area contributed by atoms with E-state index >= 15 is 0 Å². The summed E-state index contributed by atoms with van der Waals surface area (Å²) in [6.45, 7) is 2.40. The molecule has 0 amide bonds. The SMILES string of the molecule is Cc1ccc(S(=O)(=O)Nc2ccccc2C2=NCC(Br)O2)cc1. The fourth-order valence-corrected chi connectivity index (χ4v) is 3.58. The number of hydrogen-bond donors (Lipinski definition) is 1. The highest BCUT2D eigenvalue weighted by atomic mass is 79.9. The van der Waals surface area contributed by atoms with E-state index in [9.17, 15) is 8.42 Å². The Bertz CT molecular complexity index is 848. The van der Waals surface area contributed by atoms with Crippen LogP contribution in [-0.2, 0) is 14.8 Å². The van der Waals surface area contributed by atoms with Crippen LogP contribution in [-0.4, -0.2) is 25.9 Å². The molecule has 0 fully saturated rings. The Morgan fingerprint density at radius 3 is 2.52 bits per heavy atom.